The number of likely N-dealkylation sites (N-methyl/N-ethyl adjacent to an activating group) is 1. The van der Waals surface area contributed by atoms with Crippen molar-refractivity contribution in [2.24, 2.45) is 16.7 Å². The maximum absolute atomic E-state index is 5.48. The molecule has 2 heteroatoms. The summed E-state index contributed by atoms with van der Waals surface area (Å²) in [6, 6.07) is 0.491. The average molecular weight is 223 g/mol. The molecule has 1 fully saturated rings. The Hall–Kier alpha value is -0.500. The molecule has 1 N–H and O–H groups in total. The van der Waals surface area contributed by atoms with Gasteiger partial charge in [-0.15, -0.1) is 0 Å². The van der Waals surface area contributed by atoms with Crippen molar-refractivity contribution in [3.05, 3.63) is 11.8 Å². The first-order valence-electron chi connectivity index (χ1n) is 6.40. The van der Waals surface area contributed by atoms with E-state index in [2.05, 4.69) is 40.1 Å². The molecule has 0 aromatic rings. The molecule has 0 amide bonds. The number of ether oxygens (including phenoxy) is 1. The lowest BCUT2D eigenvalue weighted by Gasteiger charge is -2.24. The van der Waals surface area contributed by atoms with Gasteiger partial charge in [-0.2, -0.15) is 0 Å². The van der Waals surface area contributed by atoms with Crippen molar-refractivity contribution in [2.45, 2.75) is 46.6 Å². The van der Waals surface area contributed by atoms with Crippen molar-refractivity contribution in [1.82, 2.24) is 5.32 Å². The Balaban J connectivity index is 2.16. The van der Waals surface area contributed by atoms with E-state index in [4.69, 9.17) is 4.74 Å². The van der Waals surface area contributed by atoms with Crippen LogP contribution in [0.1, 0.15) is 40.5 Å². The van der Waals surface area contributed by atoms with E-state index in [1.165, 1.54) is 12.0 Å². The maximum Gasteiger partial charge on any atom is 0.0876 e. The van der Waals surface area contributed by atoms with E-state index in [1.807, 2.05) is 6.26 Å². The van der Waals surface area contributed by atoms with Gasteiger partial charge < -0.3 is 10.1 Å². The van der Waals surface area contributed by atoms with Crippen LogP contribution in [0.15, 0.2) is 11.8 Å². The van der Waals surface area contributed by atoms with Crippen LogP contribution in [0.5, 0.6) is 0 Å². The van der Waals surface area contributed by atoms with Crippen LogP contribution in [-0.2, 0) is 4.74 Å². The van der Waals surface area contributed by atoms with Crippen molar-refractivity contribution in [3.8, 4) is 0 Å². The van der Waals surface area contributed by atoms with Gasteiger partial charge in [0.25, 0.3) is 0 Å². The van der Waals surface area contributed by atoms with Gasteiger partial charge in [0.2, 0.25) is 0 Å². The first-order valence-corrected chi connectivity index (χ1v) is 6.40. The van der Waals surface area contributed by atoms with Crippen LogP contribution in [0.25, 0.3) is 0 Å². The molecule has 0 aromatic carbocycles. The molecule has 1 unspecified atom stereocenters. The van der Waals surface area contributed by atoms with Crippen LogP contribution in [0.2, 0.25) is 0 Å². The SMILES string of the molecule is CNC(C1=COCCC1)C1C(C)(C)C1(C)C. The molecule has 0 aromatic heterocycles. The summed E-state index contributed by atoms with van der Waals surface area (Å²) in [4.78, 5) is 0. The summed E-state index contributed by atoms with van der Waals surface area (Å²) in [5, 5.41) is 3.50. The van der Waals surface area contributed by atoms with E-state index in [1.54, 1.807) is 0 Å². The molecule has 1 aliphatic heterocycles. The fraction of sp³-hybridized carbons (Fsp3) is 0.857. The maximum atomic E-state index is 5.48. The van der Waals surface area contributed by atoms with Crippen molar-refractivity contribution < 1.29 is 4.74 Å². The lowest BCUT2D eigenvalue weighted by Crippen LogP contribution is -2.33. The van der Waals surface area contributed by atoms with Crippen LogP contribution in [0.3, 0.4) is 0 Å². The smallest absolute Gasteiger partial charge is 0.0876 e. The predicted molar refractivity (Wildman–Crippen MR) is 67.2 cm³/mol. The van der Waals surface area contributed by atoms with E-state index < -0.39 is 0 Å². The lowest BCUT2D eigenvalue weighted by molar-refractivity contribution is 0.216. The van der Waals surface area contributed by atoms with Gasteiger partial charge in [0.05, 0.1) is 12.9 Å². The zero-order valence-corrected chi connectivity index (χ0v) is 11.3. The Morgan fingerprint density at radius 3 is 2.31 bits per heavy atom. The molecule has 2 rings (SSSR count). The van der Waals surface area contributed by atoms with E-state index in [-0.39, 0.29) is 0 Å². The standard InChI is InChI=1S/C14H25NO/c1-13(2)12(14(13,3)4)11(15-5)10-7-6-8-16-9-10/h9,11-12,15H,6-8H2,1-5H3. The predicted octanol–water partition coefficient (Wildman–Crippen LogP) is 2.95. The van der Waals surface area contributed by atoms with E-state index >= 15 is 0 Å². The van der Waals surface area contributed by atoms with Gasteiger partial charge in [-0.05, 0) is 42.2 Å². The summed E-state index contributed by atoms with van der Waals surface area (Å²) >= 11 is 0. The molecule has 0 saturated heterocycles. The fourth-order valence-electron chi connectivity index (χ4n) is 3.46. The second kappa shape index (κ2) is 3.76. The van der Waals surface area contributed by atoms with Crippen molar-refractivity contribution in [1.29, 1.82) is 0 Å². The minimum atomic E-state index is 0.430. The van der Waals surface area contributed by atoms with Gasteiger partial charge in [-0.3, -0.25) is 0 Å². The van der Waals surface area contributed by atoms with Gasteiger partial charge in [-0.1, -0.05) is 27.7 Å². The molecule has 0 spiro atoms. The number of hydrogen-bond acceptors (Lipinski definition) is 2. The van der Waals surface area contributed by atoms with Crippen LogP contribution >= 0.6 is 0 Å². The molecule has 16 heavy (non-hydrogen) atoms. The summed E-state index contributed by atoms with van der Waals surface area (Å²) in [5.41, 5.74) is 2.31. The highest BCUT2D eigenvalue weighted by molar-refractivity contribution is 5.25. The highest BCUT2D eigenvalue weighted by Crippen LogP contribution is 2.70. The second-order valence-corrected chi connectivity index (χ2v) is 6.35. The summed E-state index contributed by atoms with van der Waals surface area (Å²) in [7, 11) is 2.07. The fourth-order valence-corrected chi connectivity index (χ4v) is 3.46. The second-order valence-electron chi connectivity index (χ2n) is 6.35. The molecule has 1 atom stereocenters. The number of nitrogens with one attached hydrogen (secondary N) is 1. The first-order chi connectivity index (χ1) is 7.43. The van der Waals surface area contributed by atoms with Crippen LogP contribution in [0, 0.1) is 16.7 Å². The third-order valence-corrected chi connectivity index (χ3v) is 5.14. The minimum absolute atomic E-state index is 0.430. The summed E-state index contributed by atoms with van der Waals surface area (Å²) in [6.45, 7) is 10.4. The summed E-state index contributed by atoms with van der Waals surface area (Å²) < 4.78 is 5.48. The third kappa shape index (κ3) is 1.58. The van der Waals surface area contributed by atoms with Gasteiger partial charge in [-0.25, -0.2) is 0 Å². The van der Waals surface area contributed by atoms with E-state index in [9.17, 15) is 0 Å². The lowest BCUT2D eigenvalue weighted by atomic mass is 9.93. The monoisotopic (exact) mass is 223 g/mol. The van der Waals surface area contributed by atoms with Crippen LogP contribution < -0.4 is 5.32 Å². The molecule has 2 aliphatic rings. The van der Waals surface area contributed by atoms with Crippen molar-refractivity contribution in [3.63, 3.8) is 0 Å². The van der Waals surface area contributed by atoms with Crippen molar-refractivity contribution in [2.75, 3.05) is 13.7 Å². The van der Waals surface area contributed by atoms with E-state index in [0.717, 1.165) is 18.9 Å². The number of hydrogen-bond donors (Lipinski definition) is 1. The molecule has 1 saturated carbocycles. The molecule has 1 heterocycles. The van der Waals surface area contributed by atoms with Gasteiger partial charge in [0.1, 0.15) is 0 Å². The Labute approximate surface area is 99.4 Å². The normalized spacial score (nSPS) is 29.2. The molecule has 2 nitrogen and oxygen atoms in total. The van der Waals surface area contributed by atoms with Gasteiger partial charge in [0, 0.05) is 6.04 Å². The minimum Gasteiger partial charge on any atom is -0.501 e. The Morgan fingerprint density at radius 1 is 1.31 bits per heavy atom. The third-order valence-electron chi connectivity index (χ3n) is 5.14. The Bertz CT molecular complexity index is 290. The quantitative estimate of drug-likeness (QED) is 0.794. The molecular formula is C14H25NO. The number of rotatable bonds is 3. The summed E-state index contributed by atoms with van der Waals surface area (Å²) in [5.74, 6) is 0.720. The average Bonchev–Trinajstić information content (AvgIpc) is 2.64. The molecular weight excluding hydrogens is 198 g/mol. The zero-order chi connectivity index (χ0) is 12.0. The first kappa shape index (κ1) is 12.0. The highest BCUT2D eigenvalue weighted by atomic mass is 16.5. The van der Waals surface area contributed by atoms with Gasteiger partial charge >= 0.3 is 0 Å². The Kier molecular flexibility index (Phi) is 2.82. The largest absolute Gasteiger partial charge is 0.501 e. The van der Waals surface area contributed by atoms with Gasteiger partial charge in [0.15, 0.2) is 0 Å². The summed E-state index contributed by atoms with van der Waals surface area (Å²) in [6.07, 6.45) is 4.35. The molecule has 0 radical (unpaired) electrons. The molecule has 92 valence electrons. The molecule has 0 bridgehead atoms. The van der Waals surface area contributed by atoms with E-state index in [0.29, 0.717) is 16.9 Å². The Morgan fingerprint density at radius 2 is 1.94 bits per heavy atom. The zero-order valence-electron chi connectivity index (χ0n) is 11.3. The van der Waals surface area contributed by atoms with Crippen molar-refractivity contribution >= 4 is 0 Å². The van der Waals surface area contributed by atoms with Crippen LogP contribution in [0.4, 0.5) is 0 Å². The topological polar surface area (TPSA) is 21.3 Å². The van der Waals surface area contributed by atoms with Crippen LogP contribution in [-0.4, -0.2) is 19.7 Å². The highest BCUT2D eigenvalue weighted by Gasteiger charge is 2.67. The molecule has 1 aliphatic carbocycles.